The Morgan fingerprint density at radius 2 is 2.27 bits per heavy atom. The number of nitrogens with zero attached hydrogens (tertiary/aromatic N) is 1. The fourth-order valence-electron chi connectivity index (χ4n) is 1.61. The van der Waals surface area contributed by atoms with Crippen molar-refractivity contribution in [2.75, 3.05) is 5.75 Å². The van der Waals surface area contributed by atoms with Crippen molar-refractivity contribution in [2.24, 2.45) is 0 Å². The number of carboxylic acids is 1. The standard InChI is InChI=1S/C8H9NO4S2/c1-4-9-6-5(7(10)11)2-3-15(12,13)8(6)14-4/h5H,2-3H2,1H3,(H,10,11). The van der Waals surface area contributed by atoms with Gasteiger partial charge in [-0.2, -0.15) is 0 Å². The van der Waals surface area contributed by atoms with Crippen molar-refractivity contribution in [1.29, 1.82) is 0 Å². The molecule has 0 aliphatic carbocycles. The summed E-state index contributed by atoms with van der Waals surface area (Å²) in [6.45, 7) is 1.68. The van der Waals surface area contributed by atoms with Crippen LogP contribution in [0.4, 0.5) is 0 Å². The molecule has 1 unspecified atom stereocenters. The molecule has 0 spiro atoms. The topological polar surface area (TPSA) is 84.3 Å². The zero-order valence-corrected chi connectivity index (χ0v) is 9.56. The first-order chi connectivity index (χ1) is 6.92. The minimum atomic E-state index is -3.29. The van der Waals surface area contributed by atoms with Crippen molar-refractivity contribution in [1.82, 2.24) is 4.98 Å². The van der Waals surface area contributed by atoms with Crippen LogP contribution in [0.25, 0.3) is 0 Å². The van der Waals surface area contributed by atoms with Crippen LogP contribution in [-0.2, 0) is 14.6 Å². The highest BCUT2D eigenvalue weighted by molar-refractivity contribution is 7.93. The largest absolute Gasteiger partial charge is 0.481 e. The molecule has 0 amide bonds. The number of fused-ring (bicyclic) bond motifs is 1. The molecule has 1 atom stereocenters. The van der Waals surface area contributed by atoms with Crippen LogP contribution >= 0.6 is 11.3 Å². The second-order valence-corrected chi connectivity index (χ2v) is 6.91. The van der Waals surface area contributed by atoms with Crippen LogP contribution in [0.1, 0.15) is 23.0 Å². The average molecular weight is 247 g/mol. The summed E-state index contributed by atoms with van der Waals surface area (Å²) in [5.74, 6) is -1.87. The molecule has 5 nitrogen and oxygen atoms in total. The highest BCUT2D eigenvalue weighted by Crippen LogP contribution is 2.37. The first-order valence-electron chi connectivity index (χ1n) is 4.34. The molecular formula is C8H9NO4S2. The van der Waals surface area contributed by atoms with E-state index in [-0.39, 0.29) is 22.1 Å². The van der Waals surface area contributed by atoms with Gasteiger partial charge in [-0.15, -0.1) is 11.3 Å². The third kappa shape index (κ3) is 1.65. The minimum absolute atomic E-state index is 0.0986. The molecule has 1 aromatic heterocycles. The van der Waals surface area contributed by atoms with E-state index >= 15 is 0 Å². The molecule has 0 fully saturated rings. The predicted octanol–water partition coefficient (Wildman–Crippen LogP) is 0.797. The van der Waals surface area contributed by atoms with Crippen LogP contribution in [-0.4, -0.2) is 30.2 Å². The van der Waals surface area contributed by atoms with Crippen LogP contribution in [0.15, 0.2) is 4.21 Å². The lowest BCUT2D eigenvalue weighted by Crippen LogP contribution is -2.24. The average Bonchev–Trinajstić information content (AvgIpc) is 2.47. The number of rotatable bonds is 1. The van der Waals surface area contributed by atoms with Gasteiger partial charge in [0.1, 0.15) is 10.1 Å². The Morgan fingerprint density at radius 1 is 1.60 bits per heavy atom. The minimum Gasteiger partial charge on any atom is -0.481 e. The van der Waals surface area contributed by atoms with Gasteiger partial charge >= 0.3 is 5.97 Å². The third-order valence-electron chi connectivity index (χ3n) is 2.31. The number of aromatic nitrogens is 1. The smallest absolute Gasteiger partial charge is 0.312 e. The van der Waals surface area contributed by atoms with Crippen molar-refractivity contribution in [2.45, 2.75) is 23.5 Å². The molecule has 15 heavy (non-hydrogen) atoms. The summed E-state index contributed by atoms with van der Waals surface area (Å²) in [7, 11) is -3.29. The van der Waals surface area contributed by atoms with Crippen LogP contribution < -0.4 is 0 Å². The Balaban J connectivity index is 2.63. The Hall–Kier alpha value is -0.950. The van der Waals surface area contributed by atoms with Gasteiger partial charge in [0.05, 0.1) is 16.5 Å². The zero-order chi connectivity index (χ0) is 11.2. The maximum absolute atomic E-state index is 11.6. The van der Waals surface area contributed by atoms with E-state index in [2.05, 4.69) is 4.98 Å². The summed E-state index contributed by atoms with van der Waals surface area (Å²) in [6.07, 6.45) is 0.119. The second-order valence-electron chi connectivity index (χ2n) is 3.40. The number of sulfone groups is 1. The first-order valence-corrected chi connectivity index (χ1v) is 6.81. The van der Waals surface area contributed by atoms with Crippen LogP contribution in [0, 0.1) is 6.92 Å². The van der Waals surface area contributed by atoms with E-state index in [1.807, 2.05) is 0 Å². The lowest BCUT2D eigenvalue weighted by atomic mass is 10.0. The summed E-state index contributed by atoms with van der Waals surface area (Å²) in [5, 5.41) is 9.53. The molecule has 1 N–H and O–H groups in total. The van der Waals surface area contributed by atoms with Gasteiger partial charge < -0.3 is 5.11 Å². The zero-order valence-electron chi connectivity index (χ0n) is 7.93. The number of carboxylic acid groups (broad SMARTS) is 1. The van der Waals surface area contributed by atoms with Crippen LogP contribution in [0.2, 0.25) is 0 Å². The maximum Gasteiger partial charge on any atom is 0.312 e. The molecule has 0 bridgehead atoms. The third-order valence-corrected chi connectivity index (χ3v) is 5.65. The van der Waals surface area contributed by atoms with E-state index in [9.17, 15) is 13.2 Å². The van der Waals surface area contributed by atoms with Gasteiger partial charge in [0.25, 0.3) is 0 Å². The van der Waals surface area contributed by atoms with Crippen molar-refractivity contribution in [3.8, 4) is 0 Å². The molecule has 82 valence electrons. The highest BCUT2D eigenvalue weighted by atomic mass is 32.2. The summed E-state index contributed by atoms with van der Waals surface area (Å²) >= 11 is 1.06. The number of hydrogen-bond donors (Lipinski definition) is 1. The summed E-state index contributed by atoms with van der Waals surface area (Å²) in [5.41, 5.74) is 0.219. The lowest BCUT2D eigenvalue weighted by molar-refractivity contribution is -0.139. The molecular weight excluding hydrogens is 238 g/mol. The Kier molecular flexibility index (Phi) is 2.31. The SMILES string of the molecule is Cc1nc2c(s1)S(=O)(=O)CCC2C(=O)O. The molecule has 0 saturated heterocycles. The van der Waals surface area contributed by atoms with Gasteiger partial charge in [-0.05, 0) is 13.3 Å². The Bertz CT molecular complexity index is 517. The number of carbonyl (C=O) groups is 1. The highest BCUT2D eigenvalue weighted by Gasteiger charge is 2.37. The van der Waals surface area contributed by atoms with E-state index in [1.165, 1.54) is 0 Å². The molecule has 7 heteroatoms. The van der Waals surface area contributed by atoms with Crippen molar-refractivity contribution < 1.29 is 18.3 Å². The van der Waals surface area contributed by atoms with Gasteiger partial charge in [-0.1, -0.05) is 0 Å². The molecule has 0 radical (unpaired) electrons. The molecule has 2 heterocycles. The molecule has 1 aliphatic heterocycles. The van der Waals surface area contributed by atoms with Crippen molar-refractivity contribution >= 4 is 27.1 Å². The Morgan fingerprint density at radius 3 is 2.87 bits per heavy atom. The second kappa shape index (κ2) is 3.28. The molecule has 1 aromatic rings. The number of hydrogen-bond acceptors (Lipinski definition) is 5. The summed E-state index contributed by atoms with van der Waals surface area (Å²) in [4.78, 5) is 14.9. The predicted molar refractivity (Wildman–Crippen MR) is 53.9 cm³/mol. The van der Waals surface area contributed by atoms with Gasteiger partial charge in [-0.3, -0.25) is 4.79 Å². The van der Waals surface area contributed by atoms with Crippen molar-refractivity contribution in [3.63, 3.8) is 0 Å². The monoisotopic (exact) mass is 247 g/mol. The van der Waals surface area contributed by atoms with Gasteiger partial charge in [0.15, 0.2) is 9.84 Å². The number of aryl methyl sites for hydroxylation is 1. The Labute approximate surface area is 90.7 Å². The van der Waals surface area contributed by atoms with E-state index in [4.69, 9.17) is 5.11 Å². The van der Waals surface area contributed by atoms with E-state index in [0.29, 0.717) is 5.01 Å². The van der Waals surface area contributed by atoms with E-state index < -0.39 is 21.7 Å². The number of aliphatic carboxylic acids is 1. The fraction of sp³-hybridized carbons (Fsp3) is 0.500. The number of thiazole rings is 1. The summed E-state index contributed by atoms with van der Waals surface area (Å²) < 4.78 is 23.4. The first kappa shape index (κ1) is 10.6. The quantitative estimate of drug-likeness (QED) is 0.793. The van der Waals surface area contributed by atoms with Gasteiger partial charge in [0, 0.05) is 0 Å². The van der Waals surface area contributed by atoms with Crippen LogP contribution in [0.5, 0.6) is 0 Å². The summed E-state index contributed by atoms with van der Waals surface area (Å²) in [6, 6.07) is 0. The van der Waals surface area contributed by atoms with Crippen LogP contribution in [0.3, 0.4) is 0 Å². The van der Waals surface area contributed by atoms with Gasteiger partial charge in [-0.25, -0.2) is 13.4 Å². The van der Waals surface area contributed by atoms with Crippen molar-refractivity contribution in [3.05, 3.63) is 10.7 Å². The van der Waals surface area contributed by atoms with Gasteiger partial charge in [0.2, 0.25) is 0 Å². The molecule has 2 rings (SSSR count). The maximum atomic E-state index is 11.6. The molecule has 1 aliphatic rings. The lowest BCUT2D eigenvalue weighted by Gasteiger charge is -2.16. The van der Waals surface area contributed by atoms with E-state index in [1.54, 1.807) is 6.92 Å². The normalized spacial score (nSPS) is 23.4. The van der Waals surface area contributed by atoms with E-state index in [0.717, 1.165) is 11.3 Å². The molecule has 0 saturated carbocycles. The molecule has 0 aromatic carbocycles. The fourth-order valence-corrected chi connectivity index (χ4v) is 4.67.